The Hall–Kier alpha value is -1.35. The fourth-order valence-electron chi connectivity index (χ4n) is 8.52. The predicted molar refractivity (Wildman–Crippen MR) is 165 cm³/mol. The van der Waals surface area contributed by atoms with E-state index in [4.69, 9.17) is 4.74 Å². The molecule has 39 heavy (non-hydrogen) atoms. The smallest absolute Gasteiger partial charge is 0.307 e. The quantitative estimate of drug-likeness (QED) is 0.260. The highest BCUT2D eigenvalue weighted by Crippen LogP contribution is 2.60. The van der Waals surface area contributed by atoms with Crippen LogP contribution in [0.5, 0.6) is 0 Å². The number of carbonyl (C=O) groups is 1. The van der Waals surface area contributed by atoms with Crippen molar-refractivity contribution in [3.8, 4) is 0 Å². The Bertz CT molecular complexity index is 892. The first-order valence-corrected chi connectivity index (χ1v) is 16.6. The number of nitrogens with zero attached hydrogens (tertiary/aromatic N) is 1. The number of fused-ring (bicyclic) bond motifs is 1. The number of allylic oxidation sites excluding steroid dienone is 4. The van der Waals surface area contributed by atoms with Crippen LogP contribution in [0.2, 0.25) is 0 Å². The third kappa shape index (κ3) is 8.11. The van der Waals surface area contributed by atoms with Crippen molar-refractivity contribution in [3.63, 3.8) is 0 Å². The van der Waals surface area contributed by atoms with Crippen LogP contribution in [0.25, 0.3) is 0 Å². The molecule has 4 aliphatic rings. The van der Waals surface area contributed by atoms with Crippen molar-refractivity contribution in [2.75, 3.05) is 19.6 Å². The minimum Gasteiger partial charge on any atom is -0.462 e. The molecule has 0 bridgehead atoms. The summed E-state index contributed by atoms with van der Waals surface area (Å²) >= 11 is 0. The Labute approximate surface area is 240 Å². The van der Waals surface area contributed by atoms with Gasteiger partial charge in [-0.05, 0) is 111 Å². The molecule has 0 spiro atoms. The molecule has 0 N–H and O–H groups in total. The van der Waals surface area contributed by atoms with E-state index in [0.29, 0.717) is 11.8 Å². The van der Waals surface area contributed by atoms with E-state index in [2.05, 4.69) is 58.2 Å². The Morgan fingerprint density at radius 1 is 1.08 bits per heavy atom. The van der Waals surface area contributed by atoms with Crippen LogP contribution < -0.4 is 0 Å². The van der Waals surface area contributed by atoms with Gasteiger partial charge < -0.3 is 9.64 Å². The minimum atomic E-state index is -0.0219. The van der Waals surface area contributed by atoms with Gasteiger partial charge in [0.1, 0.15) is 6.10 Å². The summed E-state index contributed by atoms with van der Waals surface area (Å²) in [5.74, 6) is 4.07. The zero-order chi connectivity index (χ0) is 28.0. The van der Waals surface area contributed by atoms with E-state index in [1.54, 1.807) is 5.57 Å². The zero-order valence-electron chi connectivity index (χ0n) is 26.1. The summed E-state index contributed by atoms with van der Waals surface area (Å²) in [6, 6.07) is 0. The zero-order valence-corrected chi connectivity index (χ0v) is 26.1. The highest BCUT2D eigenvalue weighted by atomic mass is 16.5. The van der Waals surface area contributed by atoms with Gasteiger partial charge in [0.2, 0.25) is 0 Å². The SMILES string of the molecule is C=C1CC[C@H](OC(=O)CCN2CCC(C)CC2)C/C1=C\C=C1/CCC[C@@]2(C)C1CC[C@@H]2[C@H](C)CCCC(C)C. The highest BCUT2D eigenvalue weighted by molar-refractivity contribution is 5.69. The lowest BCUT2D eigenvalue weighted by atomic mass is 9.60. The van der Waals surface area contributed by atoms with Crippen LogP contribution in [-0.4, -0.2) is 36.6 Å². The van der Waals surface area contributed by atoms with Gasteiger partial charge in [0.05, 0.1) is 6.42 Å². The molecular formula is C36H59NO2. The highest BCUT2D eigenvalue weighted by Gasteiger charge is 2.50. The number of carbonyl (C=O) groups excluding carboxylic acids is 1. The lowest BCUT2D eigenvalue weighted by Gasteiger charge is -2.44. The number of likely N-dealkylation sites (tertiary alicyclic amines) is 1. The second-order valence-electron chi connectivity index (χ2n) is 14.6. The van der Waals surface area contributed by atoms with E-state index < -0.39 is 0 Å². The fraction of sp³-hybridized carbons (Fsp3) is 0.806. The number of hydrogen-bond acceptors (Lipinski definition) is 3. The number of ether oxygens (including phenoxy) is 1. The molecule has 0 aromatic heterocycles. The van der Waals surface area contributed by atoms with Crippen LogP contribution in [0, 0.1) is 35.0 Å². The Kier molecular flexibility index (Phi) is 11.0. The second kappa shape index (κ2) is 14.0. The normalized spacial score (nSPS) is 33.6. The predicted octanol–water partition coefficient (Wildman–Crippen LogP) is 9.29. The molecule has 1 heterocycles. The summed E-state index contributed by atoms with van der Waals surface area (Å²) in [6.45, 7) is 19.7. The molecule has 1 saturated heterocycles. The standard InChI is InChI=1S/C36H59NO2/c1-26(2)9-7-10-29(5)33-16-17-34-30(11-8-21-36(33,34)6)13-14-31-25-32(15-12-28(31)4)39-35(38)20-24-37-22-18-27(3)19-23-37/h13-14,26-27,29,32-34H,4,7-12,15-25H2,1-3,5-6H3/b30-13+,31-14+/t29-,32+,33-,34?,36-/m1/s1. The van der Waals surface area contributed by atoms with Gasteiger partial charge >= 0.3 is 5.97 Å². The molecular weight excluding hydrogens is 478 g/mol. The van der Waals surface area contributed by atoms with Crippen molar-refractivity contribution in [3.05, 3.63) is 35.5 Å². The van der Waals surface area contributed by atoms with Gasteiger partial charge in [-0.3, -0.25) is 4.79 Å². The summed E-state index contributed by atoms with van der Waals surface area (Å²) in [5.41, 5.74) is 4.69. The van der Waals surface area contributed by atoms with Crippen molar-refractivity contribution in [1.82, 2.24) is 4.90 Å². The largest absolute Gasteiger partial charge is 0.462 e. The minimum absolute atomic E-state index is 0.00759. The molecule has 3 saturated carbocycles. The van der Waals surface area contributed by atoms with Gasteiger partial charge in [0, 0.05) is 13.0 Å². The third-order valence-corrected chi connectivity index (χ3v) is 11.1. The van der Waals surface area contributed by atoms with E-state index in [0.717, 1.165) is 68.5 Å². The van der Waals surface area contributed by atoms with Crippen LogP contribution in [0.4, 0.5) is 0 Å². The van der Waals surface area contributed by atoms with Gasteiger partial charge in [0.15, 0.2) is 0 Å². The van der Waals surface area contributed by atoms with Crippen LogP contribution in [0.3, 0.4) is 0 Å². The molecule has 5 atom stereocenters. The average molecular weight is 538 g/mol. The molecule has 220 valence electrons. The Morgan fingerprint density at radius 3 is 2.59 bits per heavy atom. The van der Waals surface area contributed by atoms with Crippen LogP contribution in [0.1, 0.15) is 125 Å². The fourth-order valence-corrected chi connectivity index (χ4v) is 8.52. The number of piperidine rings is 1. The molecule has 3 aliphatic carbocycles. The summed E-state index contributed by atoms with van der Waals surface area (Å²) in [5, 5.41) is 0. The molecule has 1 unspecified atom stereocenters. The van der Waals surface area contributed by atoms with Crippen molar-refractivity contribution < 1.29 is 9.53 Å². The van der Waals surface area contributed by atoms with Crippen molar-refractivity contribution in [1.29, 1.82) is 0 Å². The van der Waals surface area contributed by atoms with Crippen molar-refractivity contribution in [2.45, 2.75) is 131 Å². The Balaban J connectivity index is 1.32. The monoisotopic (exact) mass is 537 g/mol. The van der Waals surface area contributed by atoms with Crippen molar-refractivity contribution >= 4 is 5.97 Å². The summed E-state index contributed by atoms with van der Waals surface area (Å²) in [4.78, 5) is 15.1. The maximum absolute atomic E-state index is 12.7. The van der Waals surface area contributed by atoms with Gasteiger partial charge in [-0.15, -0.1) is 0 Å². The summed E-state index contributed by atoms with van der Waals surface area (Å²) in [7, 11) is 0. The van der Waals surface area contributed by atoms with E-state index in [-0.39, 0.29) is 12.1 Å². The molecule has 1 aliphatic heterocycles. The maximum atomic E-state index is 12.7. The maximum Gasteiger partial charge on any atom is 0.307 e. The Morgan fingerprint density at radius 2 is 1.85 bits per heavy atom. The molecule has 3 heteroatoms. The summed E-state index contributed by atoms with van der Waals surface area (Å²) < 4.78 is 5.98. The van der Waals surface area contributed by atoms with E-state index in [1.165, 1.54) is 75.4 Å². The molecule has 0 radical (unpaired) electrons. The average Bonchev–Trinajstić information content (AvgIpc) is 3.26. The van der Waals surface area contributed by atoms with Gasteiger partial charge in [0.25, 0.3) is 0 Å². The topological polar surface area (TPSA) is 29.5 Å². The van der Waals surface area contributed by atoms with Gasteiger partial charge in [-0.1, -0.05) is 83.8 Å². The van der Waals surface area contributed by atoms with Crippen LogP contribution in [0.15, 0.2) is 35.5 Å². The van der Waals surface area contributed by atoms with Crippen LogP contribution >= 0.6 is 0 Å². The number of esters is 1. The number of rotatable bonds is 10. The van der Waals surface area contributed by atoms with E-state index >= 15 is 0 Å². The van der Waals surface area contributed by atoms with Crippen LogP contribution in [-0.2, 0) is 9.53 Å². The van der Waals surface area contributed by atoms with Gasteiger partial charge in [-0.2, -0.15) is 0 Å². The first-order chi connectivity index (χ1) is 18.7. The summed E-state index contributed by atoms with van der Waals surface area (Å²) in [6.07, 6.45) is 21.4. The lowest BCUT2D eigenvalue weighted by Crippen LogP contribution is -2.36. The van der Waals surface area contributed by atoms with E-state index in [9.17, 15) is 4.79 Å². The first kappa shape index (κ1) is 30.6. The van der Waals surface area contributed by atoms with Crippen molar-refractivity contribution in [2.24, 2.45) is 35.0 Å². The molecule has 3 nitrogen and oxygen atoms in total. The molecule has 0 aromatic carbocycles. The molecule has 0 amide bonds. The second-order valence-corrected chi connectivity index (χ2v) is 14.6. The number of hydrogen-bond donors (Lipinski definition) is 0. The lowest BCUT2D eigenvalue weighted by molar-refractivity contribution is -0.150. The third-order valence-electron chi connectivity index (χ3n) is 11.1. The first-order valence-electron chi connectivity index (χ1n) is 16.6. The molecule has 4 rings (SSSR count). The molecule has 0 aromatic rings. The van der Waals surface area contributed by atoms with Gasteiger partial charge in [-0.25, -0.2) is 0 Å². The molecule has 4 fully saturated rings. The van der Waals surface area contributed by atoms with E-state index in [1.807, 2.05) is 0 Å².